The Morgan fingerprint density at radius 1 is 1.35 bits per heavy atom. The fourth-order valence-electron chi connectivity index (χ4n) is 2.55. The lowest BCUT2D eigenvalue weighted by Gasteiger charge is -2.37. The zero-order valence-corrected chi connectivity index (χ0v) is 12.8. The summed E-state index contributed by atoms with van der Waals surface area (Å²) in [6, 6.07) is 4.79. The molecule has 0 saturated carbocycles. The highest BCUT2D eigenvalue weighted by molar-refractivity contribution is 5.86. The molecule has 23 heavy (non-hydrogen) atoms. The van der Waals surface area contributed by atoms with Crippen molar-refractivity contribution in [1.29, 1.82) is 5.26 Å². The molecule has 1 heterocycles. The molecule has 0 spiro atoms. The average Bonchev–Trinajstić information content (AvgIpc) is 2.53. The van der Waals surface area contributed by atoms with Crippen molar-refractivity contribution in [2.75, 3.05) is 31.1 Å². The minimum absolute atomic E-state index is 0.219. The van der Waals surface area contributed by atoms with Crippen molar-refractivity contribution < 1.29 is 14.0 Å². The first kappa shape index (κ1) is 16.5. The maximum atomic E-state index is 14.0. The fraction of sp³-hybridized carbons (Fsp3) is 0.400. The van der Waals surface area contributed by atoms with Crippen molar-refractivity contribution in [3.05, 3.63) is 29.6 Å². The summed E-state index contributed by atoms with van der Waals surface area (Å²) in [5, 5.41) is 11.1. The van der Waals surface area contributed by atoms with Crippen LogP contribution < -0.4 is 16.0 Å². The maximum absolute atomic E-state index is 14.0. The number of primary amides is 1. The summed E-state index contributed by atoms with van der Waals surface area (Å²) in [4.78, 5) is 26.4. The monoisotopic (exact) mass is 319 g/mol. The highest BCUT2D eigenvalue weighted by atomic mass is 19.1. The number of nitrogens with two attached hydrogens (primary N) is 1. The van der Waals surface area contributed by atoms with Crippen molar-refractivity contribution in [3.63, 3.8) is 0 Å². The SMILES string of the molecule is C[C@H](NC(N)=O)C(=O)N1CCN(c2ccc(C#N)cc2F)CC1. The van der Waals surface area contributed by atoms with E-state index in [4.69, 9.17) is 11.0 Å². The Kier molecular flexibility index (Phi) is 5.01. The number of amides is 3. The lowest BCUT2D eigenvalue weighted by atomic mass is 10.1. The van der Waals surface area contributed by atoms with Gasteiger partial charge in [0.05, 0.1) is 17.3 Å². The van der Waals surface area contributed by atoms with Crippen LogP contribution in [-0.4, -0.2) is 49.1 Å². The van der Waals surface area contributed by atoms with Crippen LogP contribution in [0.2, 0.25) is 0 Å². The van der Waals surface area contributed by atoms with Crippen molar-refractivity contribution in [3.8, 4) is 6.07 Å². The second kappa shape index (κ2) is 6.96. The summed E-state index contributed by atoms with van der Waals surface area (Å²) in [7, 11) is 0. The highest BCUT2D eigenvalue weighted by Gasteiger charge is 2.26. The molecule has 0 aromatic heterocycles. The van der Waals surface area contributed by atoms with Crippen molar-refractivity contribution >= 4 is 17.6 Å². The van der Waals surface area contributed by atoms with Crippen molar-refractivity contribution in [2.45, 2.75) is 13.0 Å². The van der Waals surface area contributed by atoms with Gasteiger partial charge in [0.2, 0.25) is 5.91 Å². The van der Waals surface area contributed by atoms with E-state index in [0.717, 1.165) is 0 Å². The molecule has 0 radical (unpaired) electrons. The second-order valence-corrected chi connectivity index (χ2v) is 5.32. The smallest absolute Gasteiger partial charge is 0.312 e. The summed E-state index contributed by atoms with van der Waals surface area (Å²) >= 11 is 0. The number of nitrogens with zero attached hydrogens (tertiary/aromatic N) is 3. The third-order valence-corrected chi connectivity index (χ3v) is 3.74. The molecule has 3 amide bonds. The summed E-state index contributed by atoms with van der Waals surface area (Å²) in [6.07, 6.45) is 0. The molecule has 0 aliphatic carbocycles. The summed E-state index contributed by atoms with van der Waals surface area (Å²) in [5.74, 6) is -0.670. The Balaban J connectivity index is 1.97. The molecule has 1 atom stereocenters. The standard InChI is InChI=1S/C15H18FN5O2/c1-10(19-15(18)23)14(22)21-6-4-20(5-7-21)13-3-2-11(9-17)8-12(13)16/h2-3,8,10H,4-7H2,1H3,(H3,18,19,23)/t10-/m0/s1. The lowest BCUT2D eigenvalue weighted by Crippen LogP contribution is -2.54. The zero-order chi connectivity index (χ0) is 17.0. The van der Waals surface area contributed by atoms with Gasteiger partial charge in [0.15, 0.2) is 0 Å². The number of hydrogen-bond donors (Lipinski definition) is 2. The Morgan fingerprint density at radius 3 is 2.52 bits per heavy atom. The average molecular weight is 319 g/mol. The molecule has 1 saturated heterocycles. The van der Waals surface area contributed by atoms with E-state index in [1.54, 1.807) is 24.0 Å². The first-order valence-corrected chi connectivity index (χ1v) is 7.21. The molecule has 0 bridgehead atoms. The van der Waals surface area contributed by atoms with E-state index in [2.05, 4.69) is 5.32 Å². The Labute approximate surface area is 133 Å². The largest absolute Gasteiger partial charge is 0.366 e. The molecule has 1 aliphatic heterocycles. The molecule has 7 nitrogen and oxygen atoms in total. The number of hydrogen-bond acceptors (Lipinski definition) is 4. The van der Waals surface area contributed by atoms with Crippen LogP contribution in [-0.2, 0) is 4.79 Å². The number of carbonyl (C=O) groups excluding carboxylic acids is 2. The van der Waals surface area contributed by atoms with Crippen LogP contribution in [0.5, 0.6) is 0 Å². The number of anilines is 1. The topological polar surface area (TPSA) is 102 Å². The first-order chi connectivity index (χ1) is 10.9. The first-order valence-electron chi connectivity index (χ1n) is 7.21. The molecule has 122 valence electrons. The Bertz CT molecular complexity index is 650. The van der Waals surface area contributed by atoms with Gasteiger partial charge in [-0.2, -0.15) is 5.26 Å². The van der Waals surface area contributed by atoms with Crippen LogP contribution in [0.25, 0.3) is 0 Å². The van der Waals surface area contributed by atoms with E-state index >= 15 is 0 Å². The van der Waals surface area contributed by atoms with Crippen LogP contribution in [0.3, 0.4) is 0 Å². The Morgan fingerprint density at radius 2 is 2.00 bits per heavy atom. The van der Waals surface area contributed by atoms with E-state index in [0.29, 0.717) is 31.9 Å². The van der Waals surface area contributed by atoms with Gasteiger partial charge in [0.1, 0.15) is 11.9 Å². The summed E-state index contributed by atoms with van der Waals surface area (Å²) in [5.41, 5.74) is 5.69. The third-order valence-electron chi connectivity index (χ3n) is 3.74. The van der Waals surface area contributed by atoms with Crippen LogP contribution in [0.4, 0.5) is 14.9 Å². The predicted octanol–water partition coefficient (Wildman–Crippen LogP) is 0.403. The number of nitriles is 1. The number of piperazine rings is 1. The number of nitrogens with one attached hydrogen (secondary N) is 1. The fourth-order valence-corrected chi connectivity index (χ4v) is 2.55. The molecular weight excluding hydrogens is 301 g/mol. The van der Waals surface area contributed by atoms with E-state index < -0.39 is 17.9 Å². The van der Waals surface area contributed by atoms with Crippen molar-refractivity contribution in [2.24, 2.45) is 5.73 Å². The summed E-state index contributed by atoms with van der Waals surface area (Å²) < 4.78 is 14.0. The lowest BCUT2D eigenvalue weighted by molar-refractivity contribution is -0.133. The van der Waals surface area contributed by atoms with E-state index in [1.807, 2.05) is 11.0 Å². The predicted molar refractivity (Wildman–Crippen MR) is 82.1 cm³/mol. The molecule has 0 unspecified atom stereocenters. The van der Waals surface area contributed by atoms with E-state index in [9.17, 15) is 14.0 Å². The number of carbonyl (C=O) groups is 2. The third kappa shape index (κ3) is 3.88. The molecular formula is C15H18FN5O2. The molecule has 3 N–H and O–H groups in total. The Hall–Kier alpha value is -2.82. The van der Waals surface area contributed by atoms with E-state index in [1.165, 1.54) is 6.07 Å². The van der Waals surface area contributed by atoms with Gasteiger partial charge in [-0.25, -0.2) is 9.18 Å². The second-order valence-electron chi connectivity index (χ2n) is 5.32. The van der Waals surface area contributed by atoms with Gasteiger partial charge in [-0.05, 0) is 25.1 Å². The van der Waals surface area contributed by atoms with Gasteiger partial charge in [-0.15, -0.1) is 0 Å². The normalized spacial score (nSPS) is 15.7. The molecule has 2 rings (SSSR count). The van der Waals surface area contributed by atoms with Crippen LogP contribution in [0, 0.1) is 17.1 Å². The van der Waals surface area contributed by atoms with Gasteiger partial charge < -0.3 is 20.9 Å². The van der Waals surface area contributed by atoms with E-state index in [-0.39, 0.29) is 11.5 Å². The van der Waals surface area contributed by atoms with Crippen LogP contribution >= 0.6 is 0 Å². The van der Waals surface area contributed by atoms with Gasteiger partial charge in [-0.3, -0.25) is 4.79 Å². The minimum atomic E-state index is -0.746. The molecule has 8 heteroatoms. The van der Waals surface area contributed by atoms with Gasteiger partial charge in [-0.1, -0.05) is 0 Å². The number of urea groups is 1. The number of benzene rings is 1. The zero-order valence-electron chi connectivity index (χ0n) is 12.8. The van der Waals surface area contributed by atoms with Crippen LogP contribution in [0.1, 0.15) is 12.5 Å². The molecule has 1 fully saturated rings. The van der Waals surface area contributed by atoms with Gasteiger partial charge >= 0.3 is 6.03 Å². The van der Waals surface area contributed by atoms with Gasteiger partial charge in [0.25, 0.3) is 0 Å². The van der Waals surface area contributed by atoms with Gasteiger partial charge in [0, 0.05) is 26.2 Å². The van der Waals surface area contributed by atoms with Crippen LogP contribution in [0.15, 0.2) is 18.2 Å². The minimum Gasteiger partial charge on any atom is -0.366 e. The molecule has 1 aromatic carbocycles. The summed E-state index contributed by atoms with van der Waals surface area (Å²) in [6.45, 7) is 3.35. The molecule has 1 aromatic rings. The van der Waals surface area contributed by atoms with Crippen molar-refractivity contribution in [1.82, 2.24) is 10.2 Å². The number of halogens is 1. The highest BCUT2D eigenvalue weighted by Crippen LogP contribution is 2.22. The number of rotatable bonds is 3. The quantitative estimate of drug-likeness (QED) is 0.842. The molecule has 1 aliphatic rings. The maximum Gasteiger partial charge on any atom is 0.312 e.